The zero-order valence-corrected chi connectivity index (χ0v) is 12.3. The zero-order valence-electron chi connectivity index (χ0n) is 11.5. The van der Waals surface area contributed by atoms with Crippen LogP contribution in [0.5, 0.6) is 0 Å². The topological polar surface area (TPSA) is 63.6 Å². The largest absolute Gasteiger partial charge is 0.480 e. The van der Waals surface area contributed by atoms with Gasteiger partial charge in [0.25, 0.3) is 0 Å². The summed E-state index contributed by atoms with van der Waals surface area (Å²) in [7, 11) is 0. The lowest BCUT2D eigenvalue weighted by atomic mass is 9.73. The smallest absolute Gasteiger partial charge is 0.323 e. The fourth-order valence-corrected chi connectivity index (χ4v) is 2.81. The number of hydrogen-bond acceptors (Lipinski definition) is 4. The summed E-state index contributed by atoms with van der Waals surface area (Å²) >= 11 is 1.56. The van der Waals surface area contributed by atoms with Gasteiger partial charge in [0.2, 0.25) is 0 Å². The maximum atomic E-state index is 12.1. The summed E-state index contributed by atoms with van der Waals surface area (Å²) in [6.07, 6.45) is 0.822. The van der Waals surface area contributed by atoms with Gasteiger partial charge < -0.3 is 9.84 Å². The highest BCUT2D eigenvalue weighted by atomic mass is 32.1. The van der Waals surface area contributed by atoms with E-state index in [2.05, 4.69) is 0 Å². The van der Waals surface area contributed by atoms with Gasteiger partial charge in [0.05, 0.1) is 6.61 Å². The van der Waals surface area contributed by atoms with Crippen LogP contribution in [0.15, 0.2) is 16.8 Å². The SMILES string of the molecule is CCOC(=O)C(CCc1ccsc1)(C(=O)O)C(C)C. The lowest BCUT2D eigenvalue weighted by molar-refractivity contribution is -0.173. The Morgan fingerprint density at radius 2 is 2.16 bits per heavy atom. The average Bonchev–Trinajstić information content (AvgIpc) is 2.82. The first kappa shape index (κ1) is 15.7. The number of esters is 1. The summed E-state index contributed by atoms with van der Waals surface area (Å²) in [6.45, 7) is 5.38. The lowest BCUT2D eigenvalue weighted by Crippen LogP contribution is -2.45. The molecule has 106 valence electrons. The van der Waals surface area contributed by atoms with Gasteiger partial charge >= 0.3 is 11.9 Å². The van der Waals surface area contributed by atoms with Crippen LogP contribution in [0.2, 0.25) is 0 Å². The van der Waals surface area contributed by atoms with Crippen molar-refractivity contribution >= 4 is 23.3 Å². The third-order valence-electron chi connectivity index (χ3n) is 3.40. The van der Waals surface area contributed by atoms with Crippen molar-refractivity contribution in [3.05, 3.63) is 22.4 Å². The predicted octanol–water partition coefficient (Wildman–Crippen LogP) is 2.97. The first-order chi connectivity index (χ1) is 8.95. The molecule has 1 unspecified atom stereocenters. The van der Waals surface area contributed by atoms with Gasteiger partial charge in [-0.3, -0.25) is 9.59 Å². The Bertz CT molecular complexity index is 425. The number of aryl methyl sites for hydroxylation is 1. The second-order valence-electron chi connectivity index (χ2n) is 4.78. The highest BCUT2D eigenvalue weighted by molar-refractivity contribution is 7.07. The van der Waals surface area contributed by atoms with Crippen molar-refractivity contribution in [3.8, 4) is 0 Å². The van der Waals surface area contributed by atoms with Crippen LogP contribution in [-0.2, 0) is 20.7 Å². The maximum Gasteiger partial charge on any atom is 0.323 e. The summed E-state index contributed by atoms with van der Waals surface area (Å²) in [4.78, 5) is 23.7. The number of carboxylic acids is 1. The molecule has 4 nitrogen and oxygen atoms in total. The molecule has 0 saturated heterocycles. The number of thiophene rings is 1. The van der Waals surface area contributed by atoms with E-state index in [1.807, 2.05) is 16.8 Å². The molecule has 1 N–H and O–H groups in total. The molecule has 1 heterocycles. The molecule has 0 spiro atoms. The number of carbonyl (C=O) groups is 2. The minimum atomic E-state index is -1.46. The third kappa shape index (κ3) is 3.35. The van der Waals surface area contributed by atoms with E-state index in [9.17, 15) is 14.7 Å². The predicted molar refractivity (Wildman–Crippen MR) is 74.2 cm³/mol. The average molecular weight is 284 g/mol. The van der Waals surface area contributed by atoms with E-state index in [0.717, 1.165) is 5.56 Å². The third-order valence-corrected chi connectivity index (χ3v) is 4.13. The molecule has 0 fully saturated rings. The van der Waals surface area contributed by atoms with Crippen molar-refractivity contribution in [3.63, 3.8) is 0 Å². The first-order valence-corrected chi connectivity index (χ1v) is 7.31. The molecule has 0 aliphatic rings. The number of carbonyl (C=O) groups excluding carboxylic acids is 1. The van der Waals surface area contributed by atoms with Gasteiger partial charge in [-0.1, -0.05) is 13.8 Å². The van der Waals surface area contributed by atoms with E-state index in [1.54, 1.807) is 32.1 Å². The van der Waals surface area contributed by atoms with Crippen molar-refractivity contribution in [2.75, 3.05) is 6.61 Å². The van der Waals surface area contributed by atoms with Crippen LogP contribution >= 0.6 is 11.3 Å². The molecule has 0 radical (unpaired) electrons. The highest BCUT2D eigenvalue weighted by Crippen LogP contribution is 2.35. The molecule has 19 heavy (non-hydrogen) atoms. The van der Waals surface area contributed by atoms with Gasteiger partial charge in [-0.25, -0.2) is 0 Å². The lowest BCUT2D eigenvalue weighted by Gasteiger charge is -2.30. The molecule has 0 amide bonds. The molecule has 1 aromatic rings. The molecular weight excluding hydrogens is 264 g/mol. The van der Waals surface area contributed by atoms with E-state index < -0.39 is 17.4 Å². The summed E-state index contributed by atoms with van der Waals surface area (Å²) in [5, 5.41) is 13.4. The Balaban J connectivity index is 2.95. The van der Waals surface area contributed by atoms with E-state index in [0.29, 0.717) is 6.42 Å². The molecule has 1 rings (SSSR count). The Morgan fingerprint density at radius 1 is 1.47 bits per heavy atom. The monoisotopic (exact) mass is 284 g/mol. The quantitative estimate of drug-likeness (QED) is 0.617. The van der Waals surface area contributed by atoms with Gasteiger partial charge in [0.1, 0.15) is 0 Å². The molecule has 5 heteroatoms. The second-order valence-corrected chi connectivity index (χ2v) is 5.56. The zero-order chi connectivity index (χ0) is 14.5. The molecule has 1 atom stereocenters. The minimum Gasteiger partial charge on any atom is -0.480 e. The van der Waals surface area contributed by atoms with Crippen molar-refractivity contribution in [1.29, 1.82) is 0 Å². The number of aliphatic carboxylic acids is 1. The molecule has 1 aromatic heterocycles. The summed E-state index contributed by atoms with van der Waals surface area (Å²) in [6, 6.07) is 1.95. The van der Waals surface area contributed by atoms with Crippen molar-refractivity contribution in [1.82, 2.24) is 0 Å². The Labute approximate surface area is 117 Å². The fourth-order valence-electron chi connectivity index (χ4n) is 2.10. The van der Waals surface area contributed by atoms with E-state index >= 15 is 0 Å². The van der Waals surface area contributed by atoms with Crippen LogP contribution < -0.4 is 0 Å². The first-order valence-electron chi connectivity index (χ1n) is 6.36. The van der Waals surface area contributed by atoms with Crippen molar-refractivity contribution < 1.29 is 19.4 Å². The van der Waals surface area contributed by atoms with Crippen LogP contribution in [0.4, 0.5) is 0 Å². The van der Waals surface area contributed by atoms with Crippen LogP contribution in [0.1, 0.15) is 32.8 Å². The number of hydrogen-bond donors (Lipinski definition) is 1. The van der Waals surface area contributed by atoms with Gasteiger partial charge in [-0.2, -0.15) is 11.3 Å². The second kappa shape index (κ2) is 6.70. The van der Waals surface area contributed by atoms with Crippen LogP contribution in [0.3, 0.4) is 0 Å². The summed E-state index contributed by atoms with van der Waals surface area (Å²) in [5.74, 6) is -2.05. The van der Waals surface area contributed by atoms with Crippen molar-refractivity contribution in [2.24, 2.45) is 11.3 Å². The van der Waals surface area contributed by atoms with Crippen LogP contribution in [0, 0.1) is 11.3 Å². The fraction of sp³-hybridized carbons (Fsp3) is 0.571. The summed E-state index contributed by atoms with van der Waals surface area (Å²) in [5.41, 5.74) is -0.404. The minimum absolute atomic E-state index is 0.193. The molecule has 0 bridgehead atoms. The van der Waals surface area contributed by atoms with Gasteiger partial charge in [-0.15, -0.1) is 0 Å². The van der Waals surface area contributed by atoms with E-state index in [1.165, 1.54) is 0 Å². The Kier molecular flexibility index (Phi) is 5.54. The van der Waals surface area contributed by atoms with Gasteiger partial charge in [0.15, 0.2) is 5.41 Å². The Hall–Kier alpha value is -1.36. The van der Waals surface area contributed by atoms with Crippen LogP contribution in [0.25, 0.3) is 0 Å². The van der Waals surface area contributed by atoms with Gasteiger partial charge in [-0.05, 0) is 48.1 Å². The number of ether oxygens (including phenoxy) is 1. The summed E-state index contributed by atoms with van der Waals surface area (Å²) < 4.78 is 4.98. The maximum absolute atomic E-state index is 12.1. The number of carboxylic acid groups (broad SMARTS) is 1. The molecule has 0 aliphatic heterocycles. The van der Waals surface area contributed by atoms with E-state index in [4.69, 9.17) is 4.74 Å². The number of rotatable bonds is 7. The normalized spacial score (nSPS) is 14.1. The molecule has 0 aromatic carbocycles. The van der Waals surface area contributed by atoms with Crippen molar-refractivity contribution in [2.45, 2.75) is 33.6 Å². The van der Waals surface area contributed by atoms with Gasteiger partial charge in [0, 0.05) is 0 Å². The van der Waals surface area contributed by atoms with E-state index in [-0.39, 0.29) is 18.9 Å². The molecular formula is C14H20O4S. The molecule has 0 aliphatic carbocycles. The van der Waals surface area contributed by atoms with Crippen LogP contribution in [-0.4, -0.2) is 23.7 Å². The highest BCUT2D eigenvalue weighted by Gasteiger charge is 2.49. The Morgan fingerprint density at radius 3 is 2.58 bits per heavy atom. The standard InChI is InChI=1S/C14H20O4S/c1-4-18-13(17)14(10(2)3,12(15)16)7-5-11-6-8-19-9-11/h6,8-10H,4-5,7H2,1-3H3,(H,15,16). The molecule has 0 saturated carbocycles.